The van der Waals surface area contributed by atoms with Crippen molar-refractivity contribution >= 4 is 22.8 Å². The molecule has 0 radical (unpaired) electrons. The Morgan fingerprint density at radius 3 is 2.55 bits per heavy atom. The molecule has 164 valence electrons. The van der Waals surface area contributed by atoms with E-state index in [1.165, 1.54) is 12.3 Å². The largest absolute Gasteiger partial charge is 0.548 e. The lowest BCUT2D eigenvalue weighted by Crippen LogP contribution is -2.32. The van der Waals surface area contributed by atoms with Crippen molar-refractivity contribution in [2.75, 3.05) is 6.54 Å². The monoisotopic (exact) mass is 439 g/mol. The van der Waals surface area contributed by atoms with E-state index in [0.717, 1.165) is 26.6 Å². The summed E-state index contributed by atoms with van der Waals surface area (Å²) >= 11 is 0. The maximum absolute atomic E-state index is 12.5. The van der Waals surface area contributed by atoms with Gasteiger partial charge in [-0.1, -0.05) is 18.2 Å². The van der Waals surface area contributed by atoms with Gasteiger partial charge in [-0.05, 0) is 53.4 Å². The molecule has 0 spiro atoms. The highest BCUT2D eigenvalue weighted by Crippen LogP contribution is 2.20. The zero-order valence-electron chi connectivity index (χ0n) is 17.5. The van der Waals surface area contributed by atoms with Crippen LogP contribution in [0.1, 0.15) is 21.5 Å². The van der Waals surface area contributed by atoms with Crippen molar-refractivity contribution in [1.29, 1.82) is 5.26 Å². The number of nitrogens with zero attached hydrogens (tertiary/aromatic N) is 2. The number of carbonyl (C=O) groups excluding carboxylic acids is 2. The lowest BCUT2D eigenvalue weighted by molar-refractivity contribution is -0.306. The summed E-state index contributed by atoms with van der Waals surface area (Å²) in [6.45, 7) is -0.0887. The van der Waals surface area contributed by atoms with Gasteiger partial charge in [-0.15, -0.1) is 0 Å². The third kappa shape index (κ3) is 4.83. The second kappa shape index (κ2) is 9.24. The number of rotatable bonds is 7. The van der Waals surface area contributed by atoms with E-state index >= 15 is 0 Å². The summed E-state index contributed by atoms with van der Waals surface area (Å²) in [6, 6.07) is 17.7. The van der Waals surface area contributed by atoms with Gasteiger partial charge in [0.05, 0.1) is 18.1 Å². The van der Waals surface area contributed by atoms with Crippen LogP contribution in [0.4, 0.5) is 0 Å². The lowest BCUT2D eigenvalue weighted by atomic mass is 10.0. The smallest absolute Gasteiger partial charge is 0.251 e. The fraction of sp³-hybridized carbons (Fsp3) is 0.120. The number of carboxylic acids is 1. The van der Waals surface area contributed by atoms with Crippen molar-refractivity contribution < 1.29 is 14.7 Å². The summed E-state index contributed by atoms with van der Waals surface area (Å²) in [5, 5.41) is 23.7. The van der Waals surface area contributed by atoms with Crippen LogP contribution in [0.15, 0.2) is 71.8 Å². The number of hydrogen-bond donors (Lipinski definition) is 2. The van der Waals surface area contributed by atoms with Gasteiger partial charge < -0.3 is 24.8 Å². The predicted octanol–water partition coefficient (Wildman–Crippen LogP) is 1.59. The van der Waals surface area contributed by atoms with Crippen molar-refractivity contribution in [2.24, 2.45) is 0 Å². The molecule has 0 unspecified atom stereocenters. The normalized spacial score (nSPS) is 10.6. The molecular formula is C25H19N4O4-. The molecule has 2 heterocycles. The third-order valence-corrected chi connectivity index (χ3v) is 5.33. The maximum Gasteiger partial charge on any atom is 0.251 e. The molecule has 1 amide bonds. The molecular weight excluding hydrogens is 420 g/mol. The van der Waals surface area contributed by atoms with Crippen LogP contribution in [-0.2, 0) is 17.8 Å². The first-order valence-corrected chi connectivity index (χ1v) is 10.2. The highest BCUT2D eigenvalue weighted by atomic mass is 16.4. The first-order chi connectivity index (χ1) is 15.9. The van der Waals surface area contributed by atoms with Gasteiger partial charge in [0, 0.05) is 41.5 Å². The van der Waals surface area contributed by atoms with Crippen LogP contribution in [0.3, 0.4) is 0 Å². The Bertz CT molecular complexity index is 1440. The number of nitrogens with one attached hydrogen (secondary N) is 2. The minimum Gasteiger partial charge on any atom is -0.548 e. The van der Waals surface area contributed by atoms with Crippen molar-refractivity contribution in [3.8, 4) is 17.2 Å². The van der Waals surface area contributed by atoms with E-state index in [9.17, 15) is 24.8 Å². The quantitative estimate of drug-likeness (QED) is 0.452. The minimum atomic E-state index is -1.35. The molecule has 0 saturated heterocycles. The molecule has 2 aromatic heterocycles. The van der Waals surface area contributed by atoms with Gasteiger partial charge in [0.1, 0.15) is 6.07 Å². The van der Waals surface area contributed by atoms with E-state index < -0.39 is 18.1 Å². The fourth-order valence-corrected chi connectivity index (χ4v) is 3.62. The van der Waals surface area contributed by atoms with E-state index in [-0.39, 0.29) is 5.91 Å². The van der Waals surface area contributed by atoms with Gasteiger partial charge in [-0.3, -0.25) is 9.59 Å². The number of aliphatic carboxylic acids is 1. The molecule has 4 aromatic rings. The second-order valence-corrected chi connectivity index (χ2v) is 7.53. The molecule has 2 aromatic carbocycles. The topological polar surface area (TPSA) is 131 Å². The average Bonchev–Trinajstić information content (AvgIpc) is 3.22. The Morgan fingerprint density at radius 1 is 1.06 bits per heavy atom. The number of aromatic amines is 1. The molecule has 0 bridgehead atoms. The summed E-state index contributed by atoms with van der Waals surface area (Å²) in [7, 11) is 0. The number of H-pyrrole nitrogens is 1. The second-order valence-electron chi connectivity index (χ2n) is 7.53. The summed E-state index contributed by atoms with van der Waals surface area (Å²) < 4.78 is 1.07. The molecule has 8 nitrogen and oxygen atoms in total. The van der Waals surface area contributed by atoms with E-state index in [0.29, 0.717) is 29.7 Å². The Morgan fingerprint density at radius 2 is 1.82 bits per heavy atom. The molecule has 0 atom stereocenters. The number of hydrogen-bond acceptors (Lipinski definition) is 5. The van der Waals surface area contributed by atoms with Crippen LogP contribution in [0.2, 0.25) is 0 Å². The maximum atomic E-state index is 12.5. The van der Waals surface area contributed by atoms with E-state index in [1.54, 1.807) is 36.5 Å². The molecule has 0 aliphatic rings. The van der Waals surface area contributed by atoms with E-state index in [1.807, 2.05) is 18.2 Å². The van der Waals surface area contributed by atoms with E-state index in [2.05, 4.69) is 16.4 Å². The number of carboxylic acid groups (broad SMARTS) is 1. The molecule has 4 rings (SSSR count). The van der Waals surface area contributed by atoms with Crippen LogP contribution in [0, 0.1) is 11.3 Å². The standard InChI is InChI=1S/C25H20N4O4/c26-12-20-13-28-22-7-1-16(11-21(20)22)9-10-27-25(33)18-4-2-17(3-5-18)19-6-8-23(30)29(14-19)15-24(31)32/h1-8,11,13-14,28H,9-10,15H2,(H,27,33)(H,31,32)/p-1. The highest BCUT2D eigenvalue weighted by Gasteiger charge is 2.08. The summed E-state index contributed by atoms with van der Waals surface area (Å²) in [5.41, 5.74) is 3.95. The predicted molar refractivity (Wildman–Crippen MR) is 120 cm³/mol. The van der Waals surface area contributed by atoms with Gasteiger partial charge in [0.25, 0.3) is 11.5 Å². The van der Waals surface area contributed by atoms with Crippen molar-refractivity contribution in [3.05, 3.63) is 94.0 Å². The fourth-order valence-electron chi connectivity index (χ4n) is 3.62. The molecule has 0 aliphatic carbocycles. The number of carbonyl (C=O) groups is 2. The Hall–Kier alpha value is -4.64. The van der Waals surface area contributed by atoms with Crippen LogP contribution in [0.5, 0.6) is 0 Å². The first kappa shape index (κ1) is 21.6. The van der Waals surface area contributed by atoms with Crippen LogP contribution < -0.4 is 16.0 Å². The number of benzene rings is 2. The zero-order chi connectivity index (χ0) is 23.4. The average molecular weight is 439 g/mol. The number of aromatic nitrogens is 2. The lowest BCUT2D eigenvalue weighted by Gasteiger charge is -2.10. The molecule has 0 fully saturated rings. The Kier molecular flexibility index (Phi) is 6.04. The first-order valence-electron chi connectivity index (χ1n) is 10.2. The van der Waals surface area contributed by atoms with Crippen molar-refractivity contribution in [2.45, 2.75) is 13.0 Å². The summed E-state index contributed by atoms with van der Waals surface area (Å²) in [6.07, 6.45) is 3.75. The molecule has 0 saturated carbocycles. The van der Waals surface area contributed by atoms with Gasteiger partial charge in [-0.25, -0.2) is 0 Å². The number of amides is 1. The van der Waals surface area contributed by atoms with Crippen molar-refractivity contribution in [3.63, 3.8) is 0 Å². The highest BCUT2D eigenvalue weighted by molar-refractivity contribution is 5.94. The number of nitriles is 1. The minimum absolute atomic E-state index is 0.219. The van der Waals surface area contributed by atoms with E-state index in [4.69, 9.17) is 0 Å². The summed E-state index contributed by atoms with van der Waals surface area (Å²) in [5.74, 6) is -1.57. The third-order valence-electron chi connectivity index (χ3n) is 5.33. The summed E-state index contributed by atoms with van der Waals surface area (Å²) in [4.78, 5) is 38.1. The molecule has 33 heavy (non-hydrogen) atoms. The van der Waals surface area contributed by atoms with Crippen LogP contribution in [-0.4, -0.2) is 28.0 Å². The van der Waals surface area contributed by atoms with Crippen LogP contribution in [0.25, 0.3) is 22.0 Å². The Balaban J connectivity index is 1.39. The van der Waals surface area contributed by atoms with Gasteiger partial charge in [-0.2, -0.15) is 5.26 Å². The molecule has 8 heteroatoms. The molecule has 2 N–H and O–H groups in total. The SMILES string of the molecule is N#Cc1c[nH]c2ccc(CCNC(=O)c3ccc(-c4ccc(=O)n(CC(=O)[O-])c4)cc3)cc12. The number of pyridine rings is 1. The van der Waals surface area contributed by atoms with Gasteiger partial charge in [0.2, 0.25) is 0 Å². The molecule has 0 aliphatic heterocycles. The van der Waals surface area contributed by atoms with Crippen molar-refractivity contribution in [1.82, 2.24) is 14.9 Å². The van der Waals surface area contributed by atoms with Crippen LogP contribution >= 0.6 is 0 Å². The van der Waals surface area contributed by atoms with Gasteiger partial charge >= 0.3 is 0 Å². The zero-order valence-corrected chi connectivity index (χ0v) is 17.5. The van der Waals surface area contributed by atoms with Gasteiger partial charge in [0.15, 0.2) is 0 Å². The number of fused-ring (bicyclic) bond motifs is 1. The Labute approximate surface area is 188 Å².